The average molecular weight is 238 g/mol. The summed E-state index contributed by atoms with van der Waals surface area (Å²) in [6.45, 7) is 1.67. The Labute approximate surface area is 98.0 Å². The molecule has 0 saturated carbocycles. The lowest BCUT2D eigenvalue weighted by Gasteiger charge is -2.04. The van der Waals surface area contributed by atoms with Crippen molar-refractivity contribution < 1.29 is 9.90 Å². The highest BCUT2D eigenvalue weighted by Crippen LogP contribution is 2.28. The third-order valence-electron chi connectivity index (χ3n) is 2.65. The molecule has 1 aromatic carbocycles. The van der Waals surface area contributed by atoms with Crippen LogP contribution in [0.2, 0.25) is 5.02 Å². The van der Waals surface area contributed by atoms with Gasteiger partial charge >= 0.3 is 5.97 Å². The molecule has 0 aliphatic carbocycles. The second kappa shape index (κ2) is 4.18. The van der Waals surface area contributed by atoms with Crippen molar-refractivity contribution in [3.63, 3.8) is 0 Å². The summed E-state index contributed by atoms with van der Waals surface area (Å²) in [6, 6.07) is 7.67. The smallest absolute Gasteiger partial charge is 0.306 e. The molecule has 2 aromatic rings. The standard InChI is InChI=1S/C12H12ClNO2/c1-7(12(15)16)6-10-11(13)8-4-2-3-5-9(8)14-10/h2-5,7,14H,6H2,1H3,(H,15,16). The van der Waals surface area contributed by atoms with Gasteiger partial charge in [-0.25, -0.2) is 0 Å². The number of para-hydroxylation sites is 1. The number of carboxylic acid groups (broad SMARTS) is 1. The first-order chi connectivity index (χ1) is 7.59. The average Bonchev–Trinajstić information content (AvgIpc) is 2.56. The van der Waals surface area contributed by atoms with Crippen LogP contribution in [-0.2, 0) is 11.2 Å². The van der Waals surface area contributed by atoms with Gasteiger partial charge in [0.05, 0.1) is 10.9 Å². The van der Waals surface area contributed by atoms with Crippen molar-refractivity contribution in [3.8, 4) is 0 Å². The Kier molecular flexibility index (Phi) is 2.88. The van der Waals surface area contributed by atoms with Crippen LogP contribution in [0.3, 0.4) is 0 Å². The number of nitrogens with one attached hydrogen (secondary N) is 1. The van der Waals surface area contributed by atoms with Crippen molar-refractivity contribution in [3.05, 3.63) is 35.0 Å². The molecule has 84 valence electrons. The van der Waals surface area contributed by atoms with Crippen molar-refractivity contribution >= 4 is 28.5 Å². The van der Waals surface area contributed by atoms with Gasteiger partial charge < -0.3 is 10.1 Å². The van der Waals surface area contributed by atoms with Crippen molar-refractivity contribution in [1.29, 1.82) is 0 Å². The third kappa shape index (κ3) is 1.91. The molecule has 0 fully saturated rings. The maximum Gasteiger partial charge on any atom is 0.306 e. The minimum atomic E-state index is -0.810. The molecule has 1 heterocycles. The first kappa shape index (κ1) is 11.0. The number of carboxylic acids is 1. The number of aromatic nitrogens is 1. The lowest BCUT2D eigenvalue weighted by molar-refractivity contribution is -0.141. The van der Waals surface area contributed by atoms with E-state index in [0.29, 0.717) is 11.4 Å². The van der Waals surface area contributed by atoms with Gasteiger partial charge in [-0.2, -0.15) is 0 Å². The molecule has 0 aliphatic heterocycles. The molecule has 1 atom stereocenters. The Balaban J connectivity index is 2.38. The van der Waals surface area contributed by atoms with E-state index in [1.807, 2.05) is 24.3 Å². The molecule has 4 heteroatoms. The van der Waals surface area contributed by atoms with E-state index in [1.54, 1.807) is 6.92 Å². The molecule has 1 aromatic heterocycles. The van der Waals surface area contributed by atoms with Gasteiger partial charge in [0.2, 0.25) is 0 Å². The van der Waals surface area contributed by atoms with Crippen LogP contribution in [0.15, 0.2) is 24.3 Å². The lowest BCUT2D eigenvalue weighted by Crippen LogP contribution is -2.12. The number of aromatic amines is 1. The van der Waals surface area contributed by atoms with Gasteiger partial charge in [-0.1, -0.05) is 36.7 Å². The predicted octanol–water partition coefficient (Wildman–Crippen LogP) is 3.08. The number of H-pyrrole nitrogens is 1. The molecular weight excluding hydrogens is 226 g/mol. The van der Waals surface area contributed by atoms with Crippen molar-refractivity contribution in [1.82, 2.24) is 4.98 Å². The zero-order valence-electron chi connectivity index (χ0n) is 8.83. The van der Waals surface area contributed by atoms with E-state index in [-0.39, 0.29) is 0 Å². The number of benzene rings is 1. The van der Waals surface area contributed by atoms with E-state index >= 15 is 0 Å². The molecule has 16 heavy (non-hydrogen) atoms. The number of hydrogen-bond donors (Lipinski definition) is 2. The highest BCUT2D eigenvalue weighted by molar-refractivity contribution is 6.36. The Bertz CT molecular complexity index is 533. The summed E-state index contributed by atoms with van der Waals surface area (Å²) in [5.74, 6) is -1.25. The van der Waals surface area contributed by atoms with Crippen LogP contribution in [0.4, 0.5) is 0 Å². The Morgan fingerprint density at radius 2 is 2.19 bits per heavy atom. The Morgan fingerprint density at radius 3 is 2.81 bits per heavy atom. The first-order valence-corrected chi connectivity index (χ1v) is 5.45. The zero-order chi connectivity index (χ0) is 11.7. The van der Waals surface area contributed by atoms with E-state index < -0.39 is 11.9 Å². The van der Waals surface area contributed by atoms with E-state index in [0.717, 1.165) is 16.6 Å². The van der Waals surface area contributed by atoms with Crippen molar-refractivity contribution in [2.75, 3.05) is 0 Å². The monoisotopic (exact) mass is 237 g/mol. The molecule has 0 aliphatic rings. The van der Waals surface area contributed by atoms with E-state index in [9.17, 15) is 4.79 Å². The summed E-state index contributed by atoms with van der Waals surface area (Å²) < 4.78 is 0. The summed E-state index contributed by atoms with van der Waals surface area (Å²) in [7, 11) is 0. The van der Waals surface area contributed by atoms with Gasteiger partial charge in [-0.05, 0) is 6.07 Å². The number of halogens is 1. The molecule has 0 spiro atoms. The second-order valence-electron chi connectivity index (χ2n) is 3.91. The minimum absolute atomic E-state index is 0.419. The number of fused-ring (bicyclic) bond motifs is 1. The van der Waals surface area contributed by atoms with Gasteiger partial charge in [-0.3, -0.25) is 4.79 Å². The molecule has 0 radical (unpaired) electrons. The van der Waals surface area contributed by atoms with Crippen LogP contribution in [0.25, 0.3) is 10.9 Å². The van der Waals surface area contributed by atoms with E-state index in [4.69, 9.17) is 16.7 Å². The Morgan fingerprint density at radius 1 is 1.50 bits per heavy atom. The first-order valence-electron chi connectivity index (χ1n) is 5.07. The maximum atomic E-state index is 10.8. The van der Waals surface area contributed by atoms with Crippen LogP contribution in [0, 0.1) is 5.92 Å². The third-order valence-corrected chi connectivity index (χ3v) is 3.08. The van der Waals surface area contributed by atoms with E-state index in [1.165, 1.54) is 0 Å². The minimum Gasteiger partial charge on any atom is -0.481 e. The normalized spacial score (nSPS) is 12.9. The highest BCUT2D eigenvalue weighted by Gasteiger charge is 2.16. The van der Waals surface area contributed by atoms with E-state index in [2.05, 4.69) is 4.98 Å². The van der Waals surface area contributed by atoms with Crippen LogP contribution in [-0.4, -0.2) is 16.1 Å². The summed E-state index contributed by atoms with van der Waals surface area (Å²) >= 11 is 6.18. The van der Waals surface area contributed by atoms with Gasteiger partial charge in [0, 0.05) is 23.0 Å². The van der Waals surface area contributed by atoms with Gasteiger partial charge in [0.25, 0.3) is 0 Å². The molecular formula is C12H12ClNO2. The maximum absolute atomic E-state index is 10.8. The number of rotatable bonds is 3. The molecule has 0 saturated heterocycles. The SMILES string of the molecule is CC(Cc1[nH]c2ccccc2c1Cl)C(=O)O. The number of aliphatic carboxylic acids is 1. The number of carbonyl (C=O) groups is 1. The number of hydrogen-bond acceptors (Lipinski definition) is 1. The van der Waals surface area contributed by atoms with Crippen LogP contribution >= 0.6 is 11.6 Å². The second-order valence-corrected chi connectivity index (χ2v) is 4.28. The van der Waals surface area contributed by atoms with Crippen molar-refractivity contribution in [2.24, 2.45) is 5.92 Å². The van der Waals surface area contributed by atoms with Crippen LogP contribution in [0.1, 0.15) is 12.6 Å². The van der Waals surface area contributed by atoms with Crippen molar-refractivity contribution in [2.45, 2.75) is 13.3 Å². The predicted molar refractivity (Wildman–Crippen MR) is 63.8 cm³/mol. The lowest BCUT2D eigenvalue weighted by atomic mass is 10.1. The molecule has 2 N–H and O–H groups in total. The fourth-order valence-corrected chi connectivity index (χ4v) is 1.99. The summed E-state index contributed by atoms with van der Waals surface area (Å²) in [4.78, 5) is 13.9. The topological polar surface area (TPSA) is 53.1 Å². The van der Waals surface area contributed by atoms with Crippen LogP contribution in [0.5, 0.6) is 0 Å². The summed E-state index contributed by atoms with van der Waals surface area (Å²) in [5, 5.41) is 10.4. The fraction of sp³-hybridized carbons (Fsp3) is 0.250. The van der Waals surface area contributed by atoms with Gasteiger partial charge in [-0.15, -0.1) is 0 Å². The largest absolute Gasteiger partial charge is 0.481 e. The molecule has 0 amide bonds. The molecule has 0 bridgehead atoms. The van der Waals surface area contributed by atoms with Gasteiger partial charge in [0.15, 0.2) is 0 Å². The summed E-state index contributed by atoms with van der Waals surface area (Å²) in [5.41, 5.74) is 1.73. The Hall–Kier alpha value is -1.48. The molecule has 3 nitrogen and oxygen atoms in total. The fourth-order valence-electron chi connectivity index (χ4n) is 1.70. The van der Waals surface area contributed by atoms with Gasteiger partial charge in [0.1, 0.15) is 0 Å². The van der Waals surface area contributed by atoms with Crippen LogP contribution < -0.4 is 0 Å². The highest BCUT2D eigenvalue weighted by atomic mass is 35.5. The molecule has 1 unspecified atom stereocenters. The zero-order valence-corrected chi connectivity index (χ0v) is 9.58. The quantitative estimate of drug-likeness (QED) is 0.862. The summed E-state index contributed by atoms with van der Waals surface area (Å²) in [6.07, 6.45) is 0.419. The molecule has 2 rings (SSSR count).